The molecule has 1 aromatic heterocycles. The number of benzene rings is 2. The van der Waals surface area contributed by atoms with Gasteiger partial charge in [0.25, 0.3) is 0 Å². The maximum atomic E-state index is 13.1. The molecule has 2 heterocycles. The number of hydrogen-bond acceptors (Lipinski definition) is 5. The Bertz CT molecular complexity index is 1420. The molecule has 7 nitrogen and oxygen atoms in total. The van der Waals surface area contributed by atoms with Crippen molar-refractivity contribution in [3.8, 4) is 11.3 Å². The highest BCUT2D eigenvalue weighted by atomic mass is 35.5. The molecular weight excluding hydrogens is 599 g/mol. The van der Waals surface area contributed by atoms with E-state index in [-0.39, 0.29) is 12.6 Å². The van der Waals surface area contributed by atoms with E-state index in [1.807, 2.05) is 31.3 Å². The summed E-state index contributed by atoms with van der Waals surface area (Å²) in [6.45, 7) is 10.7. The lowest BCUT2D eigenvalue weighted by molar-refractivity contribution is -0.137. The minimum Gasteiger partial charge on any atom is -0.390 e. The number of anilines is 1. The standard InChI is InChI=1S/C31H39ClF3N5O2S/c1-5-39(29-18-25(32)11-6-21(29)2)26-13-16-38(17-14-26)19-27(41)20-40-28(12-15-36-43(4)42)22(3)30(37-40)23-7-9-24(10-8-23)31(33,34)35/h5-11,18,26-27,36,41H,1,12-17,19-20H2,2-4H3. The minimum absolute atomic E-state index is 0.229. The summed E-state index contributed by atoms with van der Waals surface area (Å²) in [5.41, 5.74) is 4.24. The normalized spacial score (nSPS) is 16.3. The van der Waals surface area contributed by atoms with Crippen molar-refractivity contribution in [3.05, 3.63) is 82.7 Å². The van der Waals surface area contributed by atoms with Gasteiger partial charge in [0.2, 0.25) is 0 Å². The maximum absolute atomic E-state index is 13.1. The molecule has 2 N–H and O–H groups in total. The van der Waals surface area contributed by atoms with Gasteiger partial charge in [-0.1, -0.05) is 36.4 Å². The van der Waals surface area contributed by atoms with Crippen LogP contribution in [0.2, 0.25) is 5.02 Å². The Labute approximate surface area is 258 Å². The fraction of sp³-hybridized carbons (Fsp3) is 0.452. The zero-order valence-electron chi connectivity index (χ0n) is 24.7. The molecule has 3 aromatic rings. The lowest BCUT2D eigenvalue weighted by atomic mass is 10.0. The number of halogens is 4. The first-order valence-corrected chi connectivity index (χ1v) is 16.2. The van der Waals surface area contributed by atoms with Crippen molar-refractivity contribution in [3.63, 3.8) is 0 Å². The Morgan fingerprint density at radius 3 is 2.47 bits per heavy atom. The third-order valence-electron chi connectivity index (χ3n) is 7.92. The first kappa shape index (κ1) is 33.2. The van der Waals surface area contributed by atoms with Crippen molar-refractivity contribution in [2.24, 2.45) is 0 Å². The Morgan fingerprint density at radius 2 is 1.86 bits per heavy atom. The highest BCUT2D eigenvalue weighted by molar-refractivity contribution is 7.82. The Morgan fingerprint density at radius 1 is 1.19 bits per heavy atom. The average Bonchev–Trinajstić information content (AvgIpc) is 3.25. The summed E-state index contributed by atoms with van der Waals surface area (Å²) in [6.07, 6.45) is 0.563. The first-order valence-electron chi connectivity index (χ1n) is 14.3. The zero-order valence-corrected chi connectivity index (χ0v) is 26.3. The number of hydrogen-bond donors (Lipinski definition) is 2. The fourth-order valence-corrected chi connectivity index (χ4v) is 6.25. The van der Waals surface area contributed by atoms with Crippen LogP contribution in [0, 0.1) is 13.8 Å². The number of rotatable bonds is 12. The van der Waals surface area contributed by atoms with Crippen molar-refractivity contribution >= 4 is 28.3 Å². The molecule has 4 rings (SSSR count). The van der Waals surface area contributed by atoms with Crippen LogP contribution in [0.15, 0.2) is 55.2 Å². The van der Waals surface area contributed by atoms with Crippen LogP contribution >= 0.6 is 11.6 Å². The van der Waals surface area contributed by atoms with Gasteiger partial charge in [0.15, 0.2) is 0 Å². The number of piperidine rings is 1. The zero-order chi connectivity index (χ0) is 31.3. The molecule has 0 amide bonds. The summed E-state index contributed by atoms with van der Waals surface area (Å²) in [7, 11) is -1.19. The summed E-state index contributed by atoms with van der Waals surface area (Å²) in [5.74, 6) is 0. The highest BCUT2D eigenvalue weighted by Gasteiger charge is 2.30. The van der Waals surface area contributed by atoms with E-state index in [0.29, 0.717) is 35.8 Å². The molecule has 1 saturated heterocycles. The van der Waals surface area contributed by atoms with Crippen molar-refractivity contribution in [2.75, 3.05) is 37.3 Å². The van der Waals surface area contributed by atoms with Crippen molar-refractivity contribution in [1.29, 1.82) is 0 Å². The van der Waals surface area contributed by atoms with Crippen LogP contribution in [0.3, 0.4) is 0 Å². The third-order valence-corrected chi connectivity index (χ3v) is 8.77. The van der Waals surface area contributed by atoms with Gasteiger partial charge in [0.1, 0.15) is 0 Å². The number of nitrogens with one attached hydrogen (secondary N) is 1. The van der Waals surface area contributed by atoms with Gasteiger partial charge in [-0.2, -0.15) is 18.3 Å². The van der Waals surface area contributed by atoms with Crippen LogP contribution in [0.5, 0.6) is 0 Å². The molecular formula is C31H39ClF3N5O2S. The number of β-amino-alcohol motifs (C(OH)–C–C–N with tert-alkyl or cyclic N) is 1. The number of nitrogens with zero attached hydrogens (tertiary/aromatic N) is 4. The van der Waals surface area contributed by atoms with Gasteiger partial charge in [-0.25, -0.2) is 8.93 Å². The predicted octanol–water partition coefficient (Wildman–Crippen LogP) is 5.74. The molecule has 1 aliphatic heterocycles. The Kier molecular flexibility index (Phi) is 11.1. The summed E-state index contributed by atoms with van der Waals surface area (Å²) in [6, 6.07) is 11.1. The SMILES string of the molecule is C=CN(c1cc(Cl)ccc1C)C1CCN(CC(O)Cn2nc(-c3ccc(C(F)(F)F)cc3)c(C)c2CCNS(C)=O)CC1. The number of aliphatic hydroxyl groups is 1. The van der Waals surface area contributed by atoms with Gasteiger partial charge < -0.3 is 14.9 Å². The Hall–Kier alpha value is -2.70. The van der Waals surface area contributed by atoms with Crippen molar-refractivity contribution in [2.45, 2.75) is 58.0 Å². The second-order valence-electron chi connectivity index (χ2n) is 11.0. The average molecular weight is 638 g/mol. The molecule has 0 radical (unpaired) electrons. The number of alkyl halides is 3. The van der Waals surface area contributed by atoms with Crippen LogP contribution in [-0.4, -0.2) is 68.6 Å². The summed E-state index contributed by atoms with van der Waals surface area (Å²) < 4.78 is 55.5. The van der Waals surface area contributed by atoms with E-state index in [2.05, 4.69) is 28.0 Å². The molecule has 0 bridgehead atoms. The maximum Gasteiger partial charge on any atom is 0.416 e. The first-order chi connectivity index (χ1) is 20.4. The largest absolute Gasteiger partial charge is 0.416 e. The smallest absolute Gasteiger partial charge is 0.390 e. The highest BCUT2D eigenvalue weighted by Crippen LogP contribution is 2.33. The summed E-state index contributed by atoms with van der Waals surface area (Å²) >= 11 is 6.26. The molecule has 2 aromatic carbocycles. The summed E-state index contributed by atoms with van der Waals surface area (Å²) in [4.78, 5) is 4.43. The van der Waals surface area contributed by atoms with Crippen LogP contribution in [0.4, 0.5) is 18.9 Å². The van der Waals surface area contributed by atoms with Gasteiger partial charge in [-0.3, -0.25) is 4.68 Å². The van der Waals surface area contributed by atoms with E-state index < -0.39 is 28.8 Å². The van der Waals surface area contributed by atoms with Gasteiger partial charge >= 0.3 is 6.18 Å². The number of aromatic nitrogens is 2. The monoisotopic (exact) mass is 637 g/mol. The Balaban J connectivity index is 1.44. The molecule has 0 aliphatic carbocycles. The molecule has 234 valence electrons. The molecule has 1 aliphatic rings. The minimum atomic E-state index is -4.42. The lowest BCUT2D eigenvalue weighted by Gasteiger charge is -2.39. The van der Waals surface area contributed by atoms with E-state index in [0.717, 1.165) is 60.6 Å². The van der Waals surface area contributed by atoms with Crippen LogP contribution in [-0.2, 0) is 30.1 Å². The quantitative estimate of drug-likeness (QED) is 0.265. The molecule has 2 atom stereocenters. The topological polar surface area (TPSA) is 73.6 Å². The van der Waals surface area contributed by atoms with E-state index in [1.54, 1.807) is 10.9 Å². The van der Waals surface area contributed by atoms with Crippen LogP contribution in [0.25, 0.3) is 11.3 Å². The summed E-state index contributed by atoms with van der Waals surface area (Å²) in [5, 5.41) is 16.5. The second-order valence-corrected chi connectivity index (χ2v) is 12.6. The van der Waals surface area contributed by atoms with Crippen LogP contribution < -0.4 is 9.62 Å². The van der Waals surface area contributed by atoms with E-state index in [9.17, 15) is 22.5 Å². The lowest BCUT2D eigenvalue weighted by Crippen LogP contribution is -2.46. The molecule has 2 unspecified atom stereocenters. The molecule has 1 fully saturated rings. The van der Waals surface area contributed by atoms with Crippen molar-refractivity contribution < 1.29 is 22.5 Å². The van der Waals surface area contributed by atoms with Gasteiger partial charge in [-0.05, 0) is 68.3 Å². The van der Waals surface area contributed by atoms with Crippen LogP contribution in [0.1, 0.15) is 35.2 Å². The van der Waals surface area contributed by atoms with Gasteiger partial charge in [0, 0.05) is 66.9 Å². The fourth-order valence-electron chi connectivity index (χ4n) is 5.70. The molecule has 0 saturated carbocycles. The number of aryl methyl sites for hydroxylation is 1. The van der Waals surface area contributed by atoms with E-state index in [1.165, 1.54) is 12.1 Å². The molecule has 12 heteroatoms. The van der Waals surface area contributed by atoms with Crippen molar-refractivity contribution in [1.82, 2.24) is 19.4 Å². The van der Waals surface area contributed by atoms with E-state index >= 15 is 0 Å². The van der Waals surface area contributed by atoms with E-state index in [4.69, 9.17) is 16.7 Å². The predicted molar refractivity (Wildman–Crippen MR) is 168 cm³/mol. The third kappa shape index (κ3) is 8.48. The molecule has 43 heavy (non-hydrogen) atoms. The molecule has 0 spiro atoms. The van der Waals surface area contributed by atoms with Gasteiger partial charge in [0.05, 0.1) is 34.9 Å². The van der Waals surface area contributed by atoms with Gasteiger partial charge in [-0.15, -0.1) is 0 Å². The number of likely N-dealkylation sites (tertiary alicyclic amines) is 1. The number of aliphatic hydroxyl groups excluding tert-OH is 1. The second kappa shape index (κ2) is 14.4.